The van der Waals surface area contributed by atoms with Gasteiger partial charge in [-0.3, -0.25) is 0 Å². The third-order valence-corrected chi connectivity index (χ3v) is 7.27. The predicted molar refractivity (Wildman–Crippen MR) is 119 cm³/mol. The predicted octanol–water partition coefficient (Wildman–Crippen LogP) is -2.18. The van der Waals surface area contributed by atoms with E-state index in [-0.39, 0.29) is 0 Å². The van der Waals surface area contributed by atoms with Crippen LogP contribution in [0.1, 0.15) is 5.56 Å². The fraction of sp³-hybridized carbons (Fsp3) is 0.591. The number of hydrogen-bond donors (Lipinski definition) is 7. The topological polar surface area (TPSA) is 200 Å². The number of hydrogen-bond acceptors (Lipinski definition) is 13. The van der Waals surface area contributed by atoms with Gasteiger partial charge in [0.1, 0.15) is 59.9 Å². The Morgan fingerprint density at radius 1 is 0.886 bits per heavy atom. The van der Waals surface area contributed by atoms with Gasteiger partial charge in [0.2, 0.25) is 0 Å². The molecule has 1 aromatic carbocycles. The van der Waals surface area contributed by atoms with Crippen LogP contribution in [0.25, 0.3) is 11.0 Å². The monoisotopic (exact) mass is 516 g/mol. The Balaban J connectivity index is 1.46. The summed E-state index contributed by atoms with van der Waals surface area (Å²) in [6.07, 6.45) is -13.3. The molecule has 0 aliphatic carbocycles. The van der Waals surface area contributed by atoms with Crippen molar-refractivity contribution >= 4 is 22.7 Å². The van der Waals surface area contributed by atoms with Crippen molar-refractivity contribution in [2.45, 2.75) is 72.4 Å². The third kappa shape index (κ3) is 5.40. The first-order valence-corrected chi connectivity index (χ1v) is 11.8. The molecule has 6 unspecified atom stereocenters. The first-order chi connectivity index (χ1) is 16.6. The molecule has 35 heavy (non-hydrogen) atoms. The molecule has 7 N–H and O–H groups in total. The van der Waals surface area contributed by atoms with Gasteiger partial charge in [0, 0.05) is 16.3 Å². The zero-order valence-corrected chi connectivity index (χ0v) is 19.4. The van der Waals surface area contributed by atoms with Crippen LogP contribution in [0.4, 0.5) is 0 Å². The van der Waals surface area contributed by atoms with Crippen molar-refractivity contribution in [1.29, 1.82) is 0 Å². The van der Waals surface area contributed by atoms with Crippen molar-refractivity contribution in [3.63, 3.8) is 0 Å². The standard InChI is InChI=1S/C22H28O12S/c1-8-4-14(24)32-11-5-9(2-3-10(8)11)35-22-20(30)18(28)16(26)13(34-22)7-31-21-19(29)17(27)15(25)12(6-23)33-21/h2-5,12-13,15-23,25-30H,6-7H2,1H3/t12?,13?,15-,16+,17?,18?,19?,20?,21-,22-/m0/s1. The zero-order chi connectivity index (χ0) is 25.4. The highest BCUT2D eigenvalue weighted by Crippen LogP contribution is 2.35. The van der Waals surface area contributed by atoms with Crippen LogP contribution in [-0.4, -0.2) is 110 Å². The molecular weight excluding hydrogens is 488 g/mol. The largest absolute Gasteiger partial charge is 0.423 e. The molecule has 0 spiro atoms. The fourth-order valence-corrected chi connectivity index (χ4v) is 5.15. The van der Waals surface area contributed by atoms with Crippen LogP contribution in [0.2, 0.25) is 0 Å². The Morgan fingerprint density at radius 3 is 2.29 bits per heavy atom. The molecule has 194 valence electrons. The maximum atomic E-state index is 11.7. The zero-order valence-electron chi connectivity index (χ0n) is 18.6. The minimum absolute atomic E-state index is 0.341. The van der Waals surface area contributed by atoms with Crippen molar-refractivity contribution in [3.05, 3.63) is 40.2 Å². The lowest BCUT2D eigenvalue weighted by Gasteiger charge is -2.42. The van der Waals surface area contributed by atoms with E-state index >= 15 is 0 Å². The summed E-state index contributed by atoms with van der Waals surface area (Å²) in [6.45, 7) is 0.719. The van der Waals surface area contributed by atoms with Crippen LogP contribution < -0.4 is 5.63 Å². The molecule has 2 aliphatic rings. The molecule has 0 radical (unpaired) electrons. The number of ether oxygens (including phenoxy) is 3. The summed E-state index contributed by atoms with van der Waals surface area (Å²) < 4.78 is 21.7. The molecular formula is C22H28O12S. The summed E-state index contributed by atoms with van der Waals surface area (Å²) in [4.78, 5) is 12.3. The molecule has 2 aromatic rings. The molecule has 2 aliphatic heterocycles. The fourth-order valence-electron chi connectivity index (χ4n) is 4.06. The molecule has 13 heteroatoms. The molecule has 10 atom stereocenters. The van der Waals surface area contributed by atoms with Gasteiger partial charge in [0.15, 0.2) is 6.29 Å². The van der Waals surface area contributed by atoms with Crippen LogP contribution in [0, 0.1) is 6.92 Å². The highest BCUT2D eigenvalue weighted by Gasteiger charge is 2.47. The van der Waals surface area contributed by atoms with Gasteiger partial charge in [0.25, 0.3) is 0 Å². The normalized spacial score (nSPS) is 38.1. The number of aliphatic hydroxyl groups is 7. The van der Waals surface area contributed by atoms with Crippen molar-refractivity contribution in [2.24, 2.45) is 0 Å². The van der Waals surface area contributed by atoms with Gasteiger partial charge in [-0.05, 0) is 30.7 Å². The van der Waals surface area contributed by atoms with Crippen LogP contribution in [-0.2, 0) is 14.2 Å². The molecule has 3 heterocycles. The summed E-state index contributed by atoms with van der Waals surface area (Å²) in [6, 6.07) is 6.45. The minimum atomic E-state index is -1.65. The van der Waals surface area contributed by atoms with Crippen molar-refractivity contribution in [1.82, 2.24) is 0 Å². The number of aliphatic hydroxyl groups excluding tert-OH is 7. The summed E-state index contributed by atoms with van der Waals surface area (Å²) in [5.41, 5.74) is -0.472. The van der Waals surface area contributed by atoms with E-state index < -0.39 is 79.4 Å². The van der Waals surface area contributed by atoms with Gasteiger partial charge in [-0.25, -0.2) is 4.79 Å². The molecule has 0 amide bonds. The van der Waals surface area contributed by atoms with E-state index in [4.69, 9.17) is 18.6 Å². The van der Waals surface area contributed by atoms with Gasteiger partial charge < -0.3 is 54.4 Å². The van der Waals surface area contributed by atoms with Gasteiger partial charge in [-0.15, -0.1) is 0 Å². The van der Waals surface area contributed by atoms with Crippen LogP contribution >= 0.6 is 11.8 Å². The Morgan fingerprint density at radius 2 is 1.57 bits per heavy atom. The van der Waals surface area contributed by atoms with Gasteiger partial charge in [-0.2, -0.15) is 0 Å². The van der Waals surface area contributed by atoms with Crippen LogP contribution in [0.3, 0.4) is 0 Å². The summed E-state index contributed by atoms with van der Waals surface area (Å²) in [5.74, 6) is 0. The lowest BCUT2D eigenvalue weighted by atomic mass is 9.99. The number of thioether (sulfide) groups is 1. The Kier molecular flexibility index (Phi) is 8.15. The summed E-state index contributed by atoms with van der Waals surface area (Å²) >= 11 is 1.03. The molecule has 4 rings (SSSR count). The second kappa shape index (κ2) is 10.8. The van der Waals surface area contributed by atoms with E-state index in [1.165, 1.54) is 6.07 Å². The first kappa shape index (κ1) is 26.4. The highest BCUT2D eigenvalue weighted by atomic mass is 32.2. The van der Waals surface area contributed by atoms with Gasteiger partial charge >= 0.3 is 5.63 Å². The van der Waals surface area contributed by atoms with Crippen molar-refractivity contribution < 1.29 is 54.4 Å². The van der Waals surface area contributed by atoms with Crippen LogP contribution in [0.15, 0.2) is 38.4 Å². The minimum Gasteiger partial charge on any atom is -0.423 e. The van der Waals surface area contributed by atoms with E-state index in [2.05, 4.69) is 0 Å². The summed E-state index contributed by atoms with van der Waals surface area (Å²) in [5, 5.41) is 71.1. The van der Waals surface area contributed by atoms with E-state index in [0.717, 1.165) is 22.7 Å². The van der Waals surface area contributed by atoms with Crippen molar-refractivity contribution in [2.75, 3.05) is 13.2 Å². The molecule has 0 saturated carbocycles. The van der Waals surface area contributed by atoms with E-state index in [1.54, 1.807) is 25.1 Å². The Labute approximate surface area is 203 Å². The third-order valence-electron chi connectivity index (χ3n) is 6.12. The van der Waals surface area contributed by atoms with Gasteiger partial charge in [-0.1, -0.05) is 11.8 Å². The maximum absolute atomic E-state index is 11.7. The highest BCUT2D eigenvalue weighted by molar-refractivity contribution is 7.99. The van der Waals surface area contributed by atoms with E-state index in [0.29, 0.717) is 10.5 Å². The Hall–Kier alpha value is -1.62. The average Bonchev–Trinajstić information content (AvgIpc) is 2.83. The number of aryl methyl sites for hydroxylation is 1. The Bertz CT molecular complexity index is 1080. The molecule has 1 aromatic heterocycles. The lowest BCUT2D eigenvalue weighted by molar-refractivity contribution is -0.311. The quantitative estimate of drug-likeness (QED) is 0.205. The molecule has 0 bridgehead atoms. The van der Waals surface area contributed by atoms with E-state index in [9.17, 15) is 40.5 Å². The molecule has 12 nitrogen and oxygen atoms in total. The van der Waals surface area contributed by atoms with E-state index in [1.807, 2.05) is 0 Å². The molecule has 2 fully saturated rings. The lowest BCUT2D eigenvalue weighted by Crippen LogP contribution is -2.61. The smallest absolute Gasteiger partial charge is 0.336 e. The number of fused-ring (bicyclic) bond motifs is 1. The summed E-state index contributed by atoms with van der Waals surface area (Å²) in [7, 11) is 0. The second-order valence-corrected chi connectivity index (χ2v) is 9.74. The molecule has 2 saturated heterocycles. The van der Waals surface area contributed by atoms with Crippen LogP contribution in [0.5, 0.6) is 0 Å². The SMILES string of the molecule is Cc1cc(=O)oc2cc(S[C@@H]3OC(CO[C@H]4OC(CO)[C@H](O)C(O)C4O)[C@@H](O)C(O)C3O)ccc12. The number of benzene rings is 1. The second-order valence-electron chi connectivity index (χ2n) is 8.57. The maximum Gasteiger partial charge on any atom is 0.336 e. The first-order valence-electron chi connectivity index (χ1n) is 10.9. The average molecular weight is 517 g/mol. The number of rotatable bonds is 6. The van der Waals surface area contributed by atoms with Crippen molar-refractivity contribution in [3.8, 4) is 0 Å². The van der Waals surface area contributed by atoms with Gasteiger partial charge in [0.05, 0.1) is 13.2 Å².